The predicted molar refractivity (Wildman–Crippen MR) is 112 cm³/mol. The van der Waals surface area contributed by atoms with Gasteiger partial charge in [0, 0.05) is 42.8 Å². The van der Waals surface area contributed by atoms with Crippen molar-refractivity contribution in [1.82, 2.24) is 10.3 Å². The molecule has 0 bridgehead atoms. The summed E-state index contributed by atoms with van der Waals surface area (Å²) in [5.41, 5.74) is 7.56. The molecule has 0 saturated carbocycles. The van der Waals surface area contributed by atoms with E-state index in [1.54, 1.807) is 12.3 Å². The Hall–Kier alpha value is -2.63. The Balaban J connectivity index is 1.86. The lowest BCUT2D eigenvalue weighted by Crippen LogP contribution is -2.51. The van der Waals surface area contributed by atoms with Crippen molar-refractivity contribution in [3.05, 3.63) is 36.0 Å². The summed E-state index contributed by atoms with van der Waals surface area (Å²) in [5, 5.41) is 4.12. The van der Waals surface area contributed by atoms with Crippen molar-refractivity contribution in [2.24, 2.45) is 17.1 Å². The van der Waals surface area contributed by atoms with Gasteiger partial charge >= 0.3 is 0 Å². The van der Waals surface area contributed by atoms with E-state index < -0.39 is 5.91 Å². The van der Waals surface area contributed by atoms with E-state index in [2.05, 4.69) is 42.9 Å². The number of nitrogens with zero attached hydrogens (tertiary/aromatic N) is 2. The maximum atomic E-state index is 12.4. The number of aromatic nitrogens is 1. The van der Waals surface area contributed by atoms with Gasteiger partial charge < -0.3 is 16.0 Å². The number of hydrogen-bond donors (Lipinski definition) is 2. The van der Waals surface area contributed by atoms with Crippen LogP contribution < -0.4 is 16.0 Å². The van der Waals surface area contributed by atoms with E-state index in [1.807, 2.05) is 18.2 Å². The van der Waals surface area contributed by atoms with Crippen molar-refractivity contribution in [2.75, 3.05) is 18.0 Å². The standard InChI is InChI=1S/C22H30N4O2/c1-14-10-15(25-19(27)11-22(2,3)4)13-26(12-14)18-8-7-17(21(23)28)20-16(18)6-5-9-24-20/h5-9,14-15H,10-13H2,1-4H3,(H2,23,28)(H,25,27). The lowest BCUT2D eigenvalue weighted by molar-refractivity contribution is -0.123. The summed E-state index contributed by atoms with van der Waals surface area (Å²) in [6.07, 6.45) is 3.15. The van der Waals surface area contributed by atoms with Gasteiger partial charge in [-0.3, -0.25) is 14.6 Å². The van der Waals surface area contributed by atoms with Crippen LogP contribution in [-0.2, 0) is 4.79 Å². The average molecular weight is 383 g/mol. The molecule has 1 aliphatic heterocycles. The van der Waals surface area contributed by atoms with E-state index in [-0.39, 0.29) is 17.4 Å². The number of rotatable bonds is 4. The molecule has 28 heavy (non-hydrogen) atoms. The van der Waals surface area contributed by atoms with E-state index in [4.69, 9.17) is 5.73 Å². The first kappa shape index (κ1) is 20.1. The molecule has 1 saturated heterocycles. The smallest absolute Gasteiger partial charge is 0.250 e. The fraction of sp³-hybridized carbons (Fsp3) is 0.500. The van der Waals surface area contributed by atoms with Crippen LogP contribution in [-0.4, -0.2) is 35.9 Å². The molecule has 1 aliphatic rings. The van der Waals surface area contributed by atoms with Crippen molar-refractivity contribution in [3.63, 3.8) is 0 Å². The van der Waals surface area contributed by atoms with Gasteiger partial charge in [0.15, 0.2) is 0 Å². The number of hydrogen-bond acceptors (Lipinski definition) is 4. The van der Waals surface area contributed by atoms with Crippen LogP contribution in [0.1, 0.15) is 50.9 Å². The number of amides is 2. The van der Waals surface area contributed by atoms with E-state index in [0.29, 0.717) is 23.4 Å². The summed E-state index contributed by atoms with van der Waals surface area (Å²) in [6.45, 7) is 10.0. The second kappa shape index (κ2) is 7.78. The Kier molecular flexibility index (Phi) is 5.59. The van der Waals surface area contributed by atoms with Crippen LogP contribution in [0.2, 0.25) is 0 Å². The molecule has 0 radical (unpaired) electrons. The number of pyridine rings is 1. The number of fused-ring (bicyclic) bond motifs is 1. The highest BCUT2D eigenvalue weighted by molar-refractivity contribution is 6.08. The molecule has 0 aliphatic carbocycles. The molecule has 6 nitrogen and oxygen atoms in total. The third-order valence-electron chi connectivity index (χ3n) is 5.07. The maximum absolute atomic E-state index is 12.4. The van der Waals surface area contributed by atoms with Crippen molar-refractivity contribution in [2.45, 2.75) is 46.6 Å². The molecule has 150 valence electrons. The second-order valence-electron chi connectivity index (χ2n) is 9.14. The van der Waals surface area contributed by atoms with Gasteiger partial charge in [-0.25, -0.2) is 0 Å². The predicted octanol–water partition coefficient (Wildman–Crippen LogP) is 3.10. The summed E-state index contributed by atoms with van der Waals surface area (Å²) in [6, 6.07) is 7.62. The molecule has 3 rings (SSSR count). The number of primary amides is 1. The highest BCUT2D eigenvalue weighted by Gasteiger charge is 2.28. The molecule has 2 aromatic rings. The second-order valence-corrected chi connectivity index (χ2v) is 9.14. The number of piperidine rings is 1. The zero-order valence-electron chi connectivity index (χ0n) is 17.2. The fourth-order valence-corrected chi connectivity index (χ4v) is 4.05. The Labute approximate surface area is 166 Å². The molecule has 1 fully saturated rings. The molecule has 3 N–H and O–H groups in total. The Morgan fingerprint density at radius 3 is 2.68 bits per heavy atom. The highest BCUT2D eigenvalue weighted by Crippen LogP contribution is 2.31. The molecule has 2 heterocycles. The van der Waals surface area contributed by atoms with Crippen LogP contribution in [0, 0.1) is 11.3 Å². The first-order valence-electron chi connectivity index (χ1n) is 9.86. The molecular weight excluding hydrogens is 352 g/mol. The van der Waals surface area contributed by atoms with E-state index in [1.165, 1.54) is 0 Å². The van der Waals surface area contributed by atoms with E-state index in [9.17, 15) is 9.59 Å². The number of nitrogens with two attached hydrogens (primary N) is 1. The van der Waals surface area contributed by atoms with E-state index in [0.717, 1.165) is 30.6 Å². The SMILES string of the molecule is CC1CC(NC(=O)CC(C)(C)C)CN(c2ccc(C(N)=O)c3ncccc23)C1. The Bertz CT molecular complexity index is 888. The highest BCUT2D eigenvalue weighted by atomic mass is 16.2. The lowest BCUT2D eigenvalue weighted by atomic mass is 9.90. The van der Waals surface area contributed by atoms with E-state index >= 15 is 0 Å². The molecule has 2 unspecified atom stereocenters. The van der Waals surface area contributed by atoms with Gasteiger partial charge in [-0.05, 0) is 42.0 Å². The molecular formula is C22H30N4O2. The van der Waals surface area contributed by atoms with Crippen LogP contribution >= 0.6 is 0 Å². The normalized spacial score (nSPS) is 20.2. The Morgan fingerprint density at radius 1 is 1.25 bits per heavy atom. The summed E-state index contributed by atoms with van der Waals surface area (Å²) in [5.74, 6) is 0.0629. The lowest BCUT2D eigenvalue weighted by Gasteiger charge is -2.39. The molecule has 2 amide bonds. The zero-order valence-corrected chi connectivity index (χ0v) is 17.2. The molecule has 0 spiro atoms. The largest absolute Gasteiger partial charge is 0.369 e. The van der Waals surface area contributed by atoms with Crippen LogP contribution in [0.4, 0.5) is 5.69 Å². The van der Waals surface area contributed by atoms with Crippen molar-refractivity contribution >= 4 is 28.4 Å². The third-order valence-corrected chi connectivity index (χ3v) is 5.07. The molecule has 6 heteroatoms. The maximum Gasteiger partial charge on any atom is 0.250 e. The van der Waals surface area contributed by atoms with Gasteiger partial charge in [0.2, 0.25) is 5.91 Å². The molecule has 2 atom stereocenters. The number of carbonyl (C=O) groups excluding carboxylic acids is 2. The number of anilines is 1. The summed E-state index contributed by atoms with van der Waals surface area (Å²) < 4.78 is 0. The third kappa shape index (κ3) is 4.61. The van der Waals surface area contributed by atoms with Crippen molar-refractivity contribution in [3.8, 4) is 0 Å². The van der Waals surface area contributed by atoms with Gasteiger partial charge in [-0.2, -0.15) is 0 Å². The van der Waals surface area contributed by atoms with Gasteiger partial charge in [0.05, 0.1) is 11.1 Å². The molecule has 1 aromatic heterocycles. The topological polar surface area (TPSA) is 88.3 Å². The van der Waals surface area contributed by atoms with Gasteiger partial charge in [0.1, 0.15) is 0 Å². The monoisotopic (exact) mass is 382 g/mol. The average Bonchev–Trinajstić information content (AvgIpc) is 2.58. The molecule has 1 aromatic carbocycles. The van der Waals surface area contributed by atoms with Gasteiger partial charge in [-0.15, -0.1) is 0 Å². The van der Waals surface area contributed by atoms with Gasteiger partial charge in [0.25, 0.3) is 5.91 Å². The minimum Gasteiger partial charge on any atom is -0.369 e. The Morgan fingerprint density at radius 2 is 2.00 bits per heavy atom. The number of nitrogens with one attached hydrogen (secondary N) is 1. The van der Waals surface area contributed by atoms with Gasteiger partial charge in [-0.1, -0.05) is 27.7 Å². The minimum atomic E-state index is -0.477. The summed E-state index contributed by atoms with van der Waals surface area (Å²) in [4.78, 5) is 30.9. The first-order chi connectivity index (χ1) is 13.1. The zero-order chi connectivity index (χ0) is 20.5. The minimum absolute atomic E-state index is 0.0312. The van der Waals surface area contributed by atoms with Crippen molar-refractivity contribution < 1.29 is 9.59 Å². The summed E-state index contributed by atoms with van der Waals surface area (Å²) in [7, 11) is 0. The van der Waals surface area contributed by atoms with Crippen LogP contribution in [0.5, 0.6) is 0 Å². The number of benzene rings is 1. The van der Waals surface area contributed by atoms with Crippen molar-refractivity contribution in [1.29, 1.82) is 0 Å². The van der Waals surface area contributed by atoms with Crippen LogP contribution in [0.25, 0.3) is 10.9 Å². The van der Waals surface area contributed by atoms with Crippen LogP contribution in [0.15, 0.2) is 30.5 Å². The first-order valence-corrected chi connectivity index (χ1v) is 9.86. The fourth-order valence-electron chi connectivity index (χ4n) is 4.05. The number of carbonyl (C=O) groups is 2. The van der Waals surface area contributed by atoms with Crippen LogP contribution in [0.3, 0.4) is 0 Å². The quantitative estimate of drug-likeness (QED) is 0.850. The summed E-state index contributed by atoms with van der Waals surface area (Å²) >= 11 is 0.